The number of anilines is 1. The molecule has 0 saturated heterocycles. The molecule has 9 heteroatoms. The molecule has 3 rings (SSSR count). The molecule has 3 aromatic rings. The molecule has 0 aliphatic carbocycles. The number of carbonyl (C=O) groups is 1. The number of hydrogen-bond donors (Lipinski definition) is 2. The number of nitrogens with two attached hydrogens (primary N) is 1. The average Bonchev–Trinajstić information content (AvgIpc) is 3.16. The molecule has 0 unspecified atom stereocenters. The minimum Gasteiger partial charge on any atom is -0.339 e. The average molecular weight is 429 g/mol. The van der Waals surface area contributed by atoms with Crippen LogP contribution in [0, 0.1) is 0 Å². The smallest absolute Gasteiger partial charge is 0.238 e. The molecule has 3 N–H and O–H groups in total. The lowest BCUT2D eigenvalue weighted by molar-refractivity contribution is -0.116. The fourth-order valence-electron chi connectivity index (χ4n) is 2.79. The highest BCUT2D eigenvalue weighted by Gasteiger charge is 2.11. The van der Waals surface area contributed by atoms with Crippen LogP contribution in [0.1, 0.15) is 49.0 Å². The van der Waals surface area contributed by atoms with Crippen LogP contribution in [-0.4, -0.2) is 24.5 Å². The van der Waals surface area contributed by atoms with Gasteiger partial charge in [-0.2, -0.15) is 4.98 Å². The third kappa shape index (κ3) is 5.98. The minimum atomic E-state index is -3.71. The number of carbonyl (C=O) groups excluding carboxylic acids is 1. The molecule has 1 aromatic heterocycles. The Morgan fingerprint density at radius 1 is 1.07 bits per heavy atom. The fourth-order valence-corrected chi connectivity index (χ4v) is 3.30. The van der Waals surface area contributed by atoms with Crippen molar-refractivity contribution >= 4 is 21.6 Å². The van der Waals surface area contributed by atoms with Crippen molar-refractivity contribution in [3.05, 3.63) is 71.4 Å². The minimum absolute atomic E-state index is 0.0528. The van der Waals surface area contributed by atoms with Crippen molar-refractivity contribution in [3.8, 4) is 0 Å². The summed E-state index contributed by atoms with van der Waals surface area (Å²) in [6.45, 7) is 3.99. The zero-order valence-corrected chi connectivity index (χ0v) is 17.6. The van der Waals surface area contributed by atoms with Crippen LogP contribution >= 0.6 is 0 Å². The first-order valence-electron chi connectivity index (χ1n) is 9.54. The molecule has 158 valence electrons. The summed E-state index contributed by atoms with van der Waals surface area (Å²) in [4.78, 5) is 16.6. The Balaban J connectivity index is 1.50. The predicted octanol–water partition coefficient (Wildman–Crippen LogP) is 3.00. The Hall–Kier alpha value is -3.04. The summed E-state index contributed by atoms with van der Waals surface area (Å²) in [5.74, 6) is 1.31. The van der Waals surface area contributed by atoms with Crippen LogP contribution < -0.4 is 10.5 Å². The van der Waals surface area contributed by atoms with E-state index in [-0.39, 0.29) is 23.1 Å². The molecule has 0 aliphatic heterocycles. The van der Waals surface area contributed by atoms with Gasteiger partial charge in [-0.3, -0.25) is 4.79 Å². The van der Waals surface area contributed by atoms with E-state index < -0.39 is 10.0 Å². The van der Waals surface area contributed by atoms with E-state index in [0.29, 0.717) is 30.2 Å². The molecule has 0 aliphatic rings. The Kier molecular flexibility index (Phi) is 6.63. The number of rotatable bonds is 8. The zero-order chi connectivity index (χ0) is 21.7. The number of hydrogen-bond acceptors (Lipinski definition) is 6. The van der Waals surface area contributed by atoms with Crippen LogP contribution in [0.2, 0.25) is 0 Å². The topological polar surface area (TPSA) is 128 Å². The first kappa shape index (κ1) is 21.7. The second kappa shape index (κ2) is 9.19. The van der Waals surface area contributed by atoms with Crippen LogP contribution in [0.15, 0.2) is 57.9 Å². The molecule has 0 fully saturated rings. The molecule has 0 radical (unpaired) electrons. The summed E-state index contributed by atoms with van der Waals surface area (Å²) in [5.41, 5.74) is 2.57. The van der Waals surface area contributed by atoms with Gasteiger partial charge in [0.1, 0.15) is 0 Å². The van der Waals surface area contributed by atoms with Crippen molar-refractivity contribution in [2.75, 3.05) is 5.32 Å². The largest absolute Gasteiger partial charge is 0.339 e. The summed E-state index contributed by atoms with van der Waals surface area (Å²) in [6.07, 6.45) is 1.32. The first-order chi connectivity index (χ1) is 14.2. The second-order valence-electron chi connectivity index (χ2n) is 7.31. The Labute approximate surface area is 175 Å². The van der Waals surface area contributed by atoms with Crippen molar-refractivity contribution in [2.45, 2.75) is 43.9 Å². The van der Waals surface area contributed by atoms with Gasteiger partial charge in [-0.15, -0.1) is 0 Å². The van der Waals surface area contributed by atoms with Crippen molar-refractivity contribution in [3.63, 3.8) is 0 Å². The monoisotopic (exact) mass is 428 g/mol. The van der Waals surface area contributed by atoms with E-state index in [1.807, 2.05) is 38.1 Å². The lowest BCUT2D eigenvalue weighted by Crippen LogP contribution is -2.13. The van der Waals surface area contributed by atoms with Gasteiger partial charge in [-0.05, 0) is 41.8 Å². The van der Waals surface area contributed by atoms with Gasteiger partial charge in [-0.1, -0.05) is 43.3 Å². The molecule has 8 nitrogen and oxygen atoms in total. The number of nitrogens with one attached hydrogen (secondary N) is 1. The highest BCUT2D eigenvalue weighted by molar-refractivity contribution is 7.89. The number of amides is 1. The standard InChI is InChI=1S/C21H24N4O4S/c1-14(2)21-24-19(25-29-21)13-16-3-8-17(9-4-16)23-20(26)12-7-15-5-10-18(11-6-15)30(22,27)28/h3-6,8-11,14H,7,12-13H2,1-2H3,(H,23,26)(H2,22,27,28). The third-order valence-corrected chi connectivity index (χ3v) is 5.40. The van der Waals surface area contributed by atoms with Crippen molar-refractivity contribution in [1.82, 2.24) is 10.1 Å². The number of benzene rings is 2. The SMILES string of the molecule is CC(C)c1nc(Cc2ccc(NC(=O)CCc3ccc(S(N)(=O)=O)cc3)cc2)no1. The van der Waals surface area contributed by atoms with Gasteiger partial charge < -0.3 is 9.84 Å². The number of aromatic nitrogens is 2. The molecular formula is C21H24N4O4S. The summed E-state index contributed by atoms with van der Waals surface area (Å²) in [7, 11) is -3.71. The van der Waals surface area contributed by atoms with E-state index in [4.69, 9.17) is 9.66 Å². The normalized spacial score (nSPS) is 11.6. The highest BCUT2D eigenvalue weighted by Crippen LogP contribution is 2.16. The van der Waals surface area contributed by atoms with Gasteiger partial charge in [0.05, 0.1) is 4.90 Å². The van der Waals surface area contributed by atoms with Crippen molar-refractivity contribution < 1.29 is 17.7 Å². The van der Waals surface area contributed by atoms with E-state index in [1.165, 1.54) is 12.1 Å². The quantitative estimate of drug-likeness (QED) is 0.567. The van der Waals surface area contributed by atoms with Gasteiger partial charge in [-0.25, -0.2) is 13.6 Å². The number of sulfonamides is 1. The fraction of sp³-hybridized carbons (Fsp3) is 0.286. The van der Waals surface area contributed by atoms with Crippen molar-refractivity contribution in [2.24, 2.45) is 5.14 Å². The third-order valence-electron chi connectivity index (χ3n) is 4.47. The molecule has 0 saturated carbocycles. The predicted molar refractivity (Wildman–Crippen MR) is 112 cm³/mol. The van der Waals surface area contributed by atoms with E-state index >= 15 is 0 Å². The van der Waals surface area contributed by atoms with Gasteiger partial charge in [0.25, 0.3) is 0 Å². The maximum Gasteiger partial charge on any atom is 0.238 e. The summed E-state index contributed by atoms with van der Waals surface area (Å²) < 4.78 is 27.7. The molecule has 1 heterocycles. The Morgan fingerprint density at radius 3 is 2.27 bits per heavy atom. The summed E-state index contributed by atoms with van der Waals surface area (Å²) in [6, 6.07) is 13.7. The Morgan fingerprint density at radius 2 is 1.70 bits per heavy atom. The van der Waals surface area contributed by atoms with Gasteiger partial charge in [0, 0.05) is 24.4 Å². The van der Waals surface area contributed by atoms with Gasteiger partial charge in [0.15, 0.2) is 5.82 Å². The van der Waals surface area contributed by atoms with Crippen molar-refractivity contribution in [1.29, 1.82) is 0 Å². The number of primary sulfonamides is 1. The van der Waals surface area contributed by atoms with Crippen LogP contribution in [-0.2, 0) is 27.7 Å². The second-order valence-corrected chi connectivity index (χ2v) is 8.88. The van der Waals surface area contributed by atoms with Crippen LogP contribution in [0.3, 0.4) is 0 Å². The number of aryl methyl sites for hydroxylation is 1. The van der Waals surface area contributed by atoms with E-state index in [1.54, 1.807) is 12.1 Å². The van der Waals surface area contributed by atoms with Gasteiger partial charge in [0.2, 0.25) is 21.8 Å². The van der Waals surface area contributed by atoms with E-state index in [9.17, 15) is 13.2 Å². The van der Waals surface area contributed by atoms with Crippen LogP contribution in [0.4, 0.5) is 5.69 Å². The lowest BCUT2D eigenvalue weighted by Gasteiger charge is -2.07. The molecular weight excluding hydrogens is 404 g/mol. The van der Waals surface area contributed by atoms with E-state index in [0.717, 1.165) is 11.1 Å². The van der Waals surface area contributed by atoms with Crippen LogP contribution in [0.5, 0.6) is 0 Å². The zero-order valence-electron chi connectivity index (χ0n) is 16.8. The maximum absolute atomic E-state index is 12.2. The summed E-state index contributed by atoms with van der Waals surface area (Å²) >= 11 is 0. The molecule has 1 amide bonds. The lowest BCUT2D eigenvalue weighted by atomic mass is 10.1. The highest BCUT2D eigenvalue weighted by atomic mass is 32.2. The molecule has 0 bridgehead atoms. The van der Waals surface area contributed by atoms with Crippen LogP contribution in [0.25, 0.3) is 0 Å². The molecule has 2 aromatic carbocycles. The Bertz CT molecular complexity index is 1100. The van der Waals surface area contributed by atoms with Gasteiger partial charge >= 0.3 is 0 Å². The first-order valence-corrected chi connectivity index (χ1v) is 11.1. The molecule has 0 atom stereocenters. The number of nitrogens with zero attached hydrogens (tertiary/aromatic N) is 2. The molecule has 0 spiro atoms. The van der Waals surface area contributed by atoms with E-state index in [2.05, 4.69) is 15.5 Å². The molecule has 30 heavy (non-hydrogen) atoms. The maximum atomic E-state index is 12.2. The summed E-state index contributed by atoms with van der Waals surface area (Å²) in [5, 5.41) is 11.9.